The predicted molar refractivity (Wildman–Crippen MR) is 97.5 cm³/mol. The van der Waals surface area contributed by atoms with Gasteiger partial charge in [-0.05, 0) is 36.4 Å². The number of methoxy groups -OCH3 is 1. The van der Waals surface area contributed by atoms with E-state index in [9.17, 15) is 9.59 Å². The van der Waals surface area contributed by atoms with Crippen molar-refractivity contribution >= 4 is 17.5 Å². The molecule has 0 aromatic heterocycles. The van der Waals surface area contributed by atoms with Crippen LogP contribution in [-0.4, -0.2) is 36.9 Å². The first-order valence-electron chi connectivity index (χ1n) is 8.07. The Morgan fingerprint density at radius 1 is 1.12 bits per heavy atom. The molecule has 132 valence electrons. The number of primary amides is 1. The molecule has 6 heteroatoms. The second-order valence-corrected chi connectivity index (χ2v) is 5.61. The second kappa shape index (κ2) is 8.84. The summed E-state index contributed by atoms with van der Waals surface area (Å²) in [6, 6.07) is 14.4. The average molecular weight is 341 g/mol. The number of nitrogens with one attached hydrogen (secondary N) is 1. The summed E-state index contributed by atoms with van der Waals surface area (Å²) in [6.07, 6.45) is 0. The summed E-state index contributed by atoms with van der Waals surface area (Å²) in [5.41, 5.74) is 7.38. The van der Waals surface area contributed by atoms with Crippen LogP contribution in [0.5, 0.6) is 5.75 Å². The van der Waals surface area contributed by atoms with Gasteiger partial charge < -0.3 is 15.8 Å². The van der Waals surface area contributed by atoms with Gasteiger partial charge in [0.1, 0.15) is 5.75 Å². The third-order valence-electron chi connectivity index (χ3n) is 3.84. The van der Waals surface area contributed by atoms with Crippen molar-refractivity contribution in [3.8, 4) is 5.75 Å². The Balaban J connectivity index is 1.96. The van der Waals surface area contributed by atoms with Crippen LogP contribution in [0.4, 0.5) is 5.69 Å². The number of benzene rings is 2. The summed E-state index contributed by atoms with van der Waals surface area (Å²) in [4.78, 5) is 25.4. The molecule has 0 saturated carbocycles. The maximum atomic E-state index is 12.3. The standard InChI is InChI=1S/C19H23N3O3/c1-3-22(12-14-8-10-15(11-9-14)19(20)24)13-18(23)21-16-6-4-5-7-17(16)25-2/h4-11H,3,12-13H2,1-2H3,(H2,20,24)(H,21,23). The van der Waals surface area contributed by atoms with Gasteiger partial charge in [-0.25, -0.2) is 0 Å². The number of anilines is 1. The summed E-state index contributed by atoms with van der Waals surface area (Å²) >= 11 is 0. The van der Waals surface area contributed by atoms with Crippen molar-refractivity contribution in [2.24, 2.45) is 5.73 Å². The van der Waals surface area contributed by atoms with Crippen LogP contribution < -0.4 is 15.8 Å². The number of hydrogen-bond donors (Lipinski definition) is 2. The molecule has 2 amide bonds. The highest BCUT2D eigenvalue weighted by molar-refractivity contribution is 5.94. The molecule has 6 nitrogen and oxygen atoms in total. The van der Waals surface area contributed by atoms with E-state index in [2.05, 4.69) is 5.32 Å². The minimum absolute atomic E-state index is 0.111. The summed E-state index contributed by atoms with van der Waals surface area (Å²) in [7, 11) is 1.57. The molecule has 0 radical (unpaired) electrons. The first-order chi connectivity index (χ1) is 12.0. The van der Waals surface area contributed by atoms with Gasteiger partial charge in [0.05, 0.1) is 19.3 Å². The van der Waals surface area contributed by atoms with Crippen LogP contribution in [0.15, 0.2) is 48.5 Å². The topological polar surface area (TPSA) is 84.7 Å². The maximum Gasteiger partial charge on any atom is 0.248 e. The number of carbonyl (C=O) groups excluding carboxylic acids is 2. The molecule has 0 saturated heterocycles. The van der Waals surface area contributed by atoms with Gasteiger partial charge in [0.2, 0.25) is 11.8 Å². The first-order valence-corrected chi connectivity index (χ1v) is 8.07. The smallest absolute Gasteiger partial charge is 0.248 e. The lowest BCUT2D eigenvalue weighted by atomic mass is 10.1. The number of para-hydroxylation sites is 2. The van der Waals surface area contributed by atoms with Crippen LogP contribution in [0.3, 0.4) is 0 Å². The van der Waals surface area contributed by atoms with Gasteiger partial charge in [0.15, 0.2) is 0 Å². The van der Waals surface area contributed by atoms with Crippen molar-refractivity contribution in [1.82, 2.24) is 4.90 Å². The lowest BCUT2D eigenvalue weighted by molar-refractivity contribution is -0.117. The molecule has 0 unspecified atom stereocenters. The van der Waals surface area contributed by atoms with E-state index < -0.39 is 5.91 Å². The van der Waals surface area contributed by atoms with Gasteiger partial charge in [-0.15, -0.1) is 0 Å². The molecular weight excluding hydrogens is 318 g/mol. The van der Waals surface area contributed by atoms with Crippen LogP contribution in [-0.2, 0) is 11.3 Å². The van der Waals surface area contributed by atoms with Gasteiger partial charge in [0.25, 0.3) is 0 Å². The zero-order chi connectivity index (χ0) is 18.2. The van der Waals surface area contributed by atoms with Gasteiger partial charge in [-0.1, -0.05) is 31.2 Å². The lowest BCUT2D eigenvalue weighted by Gasteiger charge is -2.20. The number of ether oxygens (including phenoxy) is 1. The summed E-state index contributed by atoms with van der Waals surface area (Å²) in [5, 5.41) is 2.87. The Hall–Kier alpha value is -2.86. The van der Waals surface area contributed by atoms with Crippen LogP contribution in [0.2, 0.25) is 0 Å². The monoisotopic (exact) mass is 341 g/mol. The molecule has 2 aromatic rings. The molecule has 0 aliphatic rings. The zero-order valence-electron chi connectivity index (χ0n) is 14.5. The SMILES string of the molecule is CCN(CC(=O)Nc1ccccc1OC)Cc1ccc(C(N)=O)cc1. The fourth-order valence-corrected chi connectivity index (χ4v) is 2.45. The number of carbonyl (C=O) groups is 2. The summed E-state index contributed by atoms with van der Waals surface area (Å²) in [5.74, 6) is 0.0659. The van der Waals surface area contributed by atoms with Crippen LogP contribution in [0.1, 0.15) is 22.8 Å². The van der Waals surface area contributed by atoms with Crippen LogP contribution in [0, 0.1) is 0 Å². The highest BCUT2D eigenvalue weighted by Gasteiger charge is 2.12. The molecule has 0 heterocycles. The quantitative estimate of drug-likeness (QED) is 0.771. The van der Waals surface area contributed by atoms with E-state index in [0.29, 0.717) is 23.5 Å². The van der Waals surface area contributed by atoms with E-state index in [1.807, 2.05) is 36.1 Å². The number of amides is 2. The van der Waals surface area contributed by atoms with E-state index in [4.69, 9.17) is 10.5 Å². The zero-order valence-corrected chi connectivity index (χ0v) is 14.5. The predicted octanol–water partition coefficient (Wildman–Crippen LogP) is 2.25. The van der Waals surface area contributed by atoms with Gasteiger partial charge >= 0.3 is 0 Å². The van der Waals surface area contributed by atoms with Crippen LogP contribution >= 0.6 is 0 Å². The number of likely N-dealkylation sites (N-methyl/N-ethyl adjacent to an activating group) is 1. The normalized spacial score (nSPS) is 10.5. The number of rotatable bonds is 8. The van der Waals surface area contributed by atoms with E-state index in [-0.39, 0.29) is 12.5 Å². The molecule has 0 atom stereocenters. The maximum absolute atomic E-state index is 12.3. The first kappa shape index (κ1) is 18.5. The molecule has 25 heavy (non-hydrogen) atoms. The fraction of sp³-hybridized carbons (Fsp3) is 0.263. The Morgan fingerprint density at radius 3 is 2.40 bits per heavy atom. The Kier molecular flexibility index (Phi) is 6.54. The minimum Gasteiger partial charge on any atom is -0.495 e. The Bertz CT molecular complexity index is 729. The largest absolute Gasteiger partial charge is 0.495 e. The van der Waals surface area contributed by atoms with Crippen molar-refractivity contribution in [2.75, 3.05) is 25.5 Å². The summed E-state index contributed by atoms with van der Waals surface area (Å²) in [6.45, 7) is 3.58. The molecule has 2 aromatic carbocycles. The molecular formula is C19H23N3O3. The van der Waals surface area contributed by atoms with Crippen LogP contribution in [0.25, 0.3) is 0 Å². The van der Waals surface area contributed by atoms with E-state index in [1.54, 1.807) is 31.4 Å². The fourth-order valence-electron chi connectivity index (χ4n) is 2.45. The van der Waals surface area contributed by atoms with Crippen molar-refractivity contribution in [3.05, 3.63) is 59.7 Å². The summed E-state index contributed by atoms with van der Waals surface area (Å²) < 4.78 is 5.24. The van der Waals surface area contributed by atoms with Crippen molar-refractivity contribution in [2.45, 2.75) is 13.5 Å². The second-order valence-electron chi connectivity index (χ2n) is 5.61. The highest BCUT2D eigenvalue weighted by atomic mass is 16.5. The molecule has 0 aliphatic carbocycles. The number of nitrogens with zero attached hydrogens (tertiary/aromatic N) is 1. The number of hydrogen-bond acceptors (Lipinski definition) is 4. The third kappa shape index (κ3) is 5.32. The van der Waals surface area contributed by atoms with Gasteiger partial charge in [-0.3, -0.25) is 14.5 Å². The van der Waals surface area contributed by atoms with Crippen molar-refractivity contribution in [3.63, 3.8) is 0 Å². The lowest BCUT2D eigenvalue weighted by Crippen LogP contribution is -2.32. The molecule has 3 N–H and O–H groups in total. The van der Waals surface area contributed by atoms with Crippen molar-refractivity contribution in [1.29, 1.82) is 0 Å². The van der Waals surface area contributed by atoms with Gasteiger partial charge in [0, 0.05) is 12.1 Å². The minimum atomic E-state index is -0.449. The molecule has 0 spiro atoms. The Labute approximate surface area is 147 Å². The van der Waals surface area contributed by atoms with E-state index >= 15 is 0 Å². The van der Waals surface area contributed by atoms with E-state index in [1.165, 1.54) is 0 Å². The Morgan fingerprint density at radius 2 is 1.80 bits per heavy atom. The third-order valence-corrected chi connectivity index (χ3v) is 3.84. The molecule has 0 bridgehead atoms. The number of nitrogens with two attached hydrogens (primary N) is 1. The van der Waals surface area contributed by atoms with E-state index in [0.717, 1.165) is 12.1 Å². The van der Waals surface area contributed by atoms with Gasteiger partial charge in [-0.2, -0.15) is 0 Å². The highest BCUT2D eigenvalue weighted by Crippen LogP contribution is 2.22. The average Bonchev–Trinajstić information content (AvgIpc) is 2.62. The molecule has 2 rings (SSSR count). The molecule has 0 aliphatic heterocycles. The van der Waals surface area contributed by atoms with Crippen molar-refractivity contribution < 1.29 is 14.3 Å². The molecule has 0 fully saturated rings.